The maximum atomic E-state index is 13.3. The molecule has 0 bridgehead atoms. The minimum absolute atomic E-state index is 0.283. The van der Waals surface area contributed by atoms with Gasteiger partial charge >= 0.3 is 12.0 Å². The number of cyclic esters (lactones) is 1. The van der Waals surface area contributed by atoms with Gasteiger partial charge in [0.25, 0.3) is 5.91 Å². The summed E-state index contributed by atoms with van der Waals surface area (Å²) in [6, 6.07) is 4.01. The number of urea groups is 1. The summed E-state index contributed by atoms with van der Waals surface area (Å²) >= 11 is 0. The number of nitrogens with one attached hydrogen (secondary N) is 1. The molecular formula is C18H21FN2O4. The third-order valence-corrected chi connectivity index (χ3v) is 4.82. The Morgan fingerprint density at radius 3 is 2.52 bits per heavy atom. The topological polar surface area (TPSA) is 75.7 Å². The van der Waals surface area contributed by atoms with Crippen molar-refractivity contribution in [2.75, 3.05) is 0 Å². The first-order chi connectivity index (χ1) is 11.9. The number of carbonyl (C=O) groups excluding carboxylic acids is 3. The molecule has 3 atom stereocenters. The highest BCUT2D eigenvalue weighted by molar-refractivity contribution is 6.10. The van der Waals surface area contributed by atoms with Crippen LogP contribution in [-0.2, 0) is 19.9 Å². The predicted octanol–water partition coefficient (Wildman–Crippen LogP) is 2.47. The third kappa shape index (κ3) is 2.88. The van der Waals surface area contributed by atoms with Crippen molar-refractivity contribution in [3.05, 3.63) is 35.6 Å². The Morgan fingerprint density at radius 1 is 1.28 bits per heavy atom. The van der Waals surface area contributed by atoms with E-state index in [0.29, 0.717) is 18.4 Å². The maximum Gasteiger partial charge on any atom is 0.329 e. The Hall–Kier alpha value is -2.44. The largest absolute Gasteiger partial charge is 0.461 e. The SMILES string of the molecule is CCCCC1(c2ccc(F)cc2)NC(=O)N(C2CC(C)OC2=O)C1=O. The minimum Gasteiger partial charge on any atom is -0.461 e. The van der Waals surface area contributed by atoms with Gasteiger partial charge in [0, 0.05) is 6.42 Å². The molecule has 6 nitrogen and oxygen atoms in total. The molecule has 0 aliphatic carbocycles. The second-order valence-corrected chi connectivity index (χ2v) is 6.62. The summed E-state index contributed by atoms with van der Waals surface area (Å²) in [4.78, 5) is 38.8. The van der Waals surface area contributed by atoms with Gasteiger partial charge in [0.2, 0.25) is 0 Å². The van der Waals surface area contributed by atoms with Crippen molar-refractivity contribution in [2.24, 2.45) is 0 Å². The monoisotopic (exact) mass is 348 g/mol. The molecule has 1 N–H and O–H groups in total. The second-order valence-electron chi connectivity index (χ2n) is 6.62. The van der Waals surface area contributed by atoms with Gasteiger partial charge in [0.1, 0.15) is 23.5 Å². The van der Waals surface area contributed by atoms with E-state index in [2.05, 4.69) is 5.32 Å². The van der Waals surface area contributed by atoms with Gasteiger partial charge in [-0.1, -0.05) is 31.9 Å². The fraction of sp³-hybridized carbons (Fsp3) is 0.500. The van der Waals surface area contributed by atoms with Crippen LogP contribution in [0.15, 0.2) is 24.3 Å². The van der Waals surface area contributed by atoms with Crippen LogP contribution in [0.4, 0.5) is 9.18 Å². The van der Waals surface area contributed by atoms with Crippen LogP contribution in [0.2, 0.25) is 0 Å². The van der Waals surface area contributed by atoms with Gasteiger partial charge in [-0.2, -0.15) is 0 Å². The highest BCUT2D eigenvalue weighted by Crippen LogP contribution is 2.37. The second kappa shape index (κ2) is 6.46. The number of nitrogens with zero attached hydrogens (tertiary/aromatic N) is 1. The molecular weight excluding hydrogens is 327 g/mol. The molecule has 0 saturated carbocycles. The molecule has 7 heteroatoms. The lowest BCUT2D eigenvalue weighted by Crippen LogP contribution is -2.46. The Labute approximate surface area is 145 Å². The van der Waals surface area contributed by atoms with E-state index >= 15 is 0 Å². The quantitative estimate of drug-likeness (QED) is 0.655. The van der Waals surface area contributed by atoms with Gasteiger partial charge in [-0.25, -0.2) is 18.9 Å². The van der Waals surface area contributed by atoms with Crippen LogP contribution in [0.1, 0.15) is 45.1 Å². The van der Waals surface area contributed by atoms with Crippen LogP contribution in [0.3, 0.4) is 0 Å². The van der Waals surface area contributed by atoms with Gasteiger partial charge in [0.05, 0.1) is 0 Å². The average molecular weight is 348 g/mol. The number of hydrogen-bond donors (Lipinski definition) is 1. The Bertz CT molecular complexity index is 706. The number of carbonyl (C=O) groups is 3. The van der Waals surface area contributed by atoms with Crippen molar-refractivity contribution in [1.82, 2.24) is 10.2 Å². The van der Waals surface area contributed by atoms with Crippen molar-refractivity contribution in [2.45, 2.75) is 57.2 Å². The Kier molecular flexibility index (Phi) is 4.49. The number of imide groups is 1. The Balaban J connectivity index is 1.99. The van der Waals surface area contributed by atoms with Crippen molar-refractivity contribution >= 4 is 17.9 Å². The molecule has 2 aliphatic heterocycles. The lowest BCUT2D eigenvalue weighted by atomic mass is 9.84. The molecule has 1 aromatic carbocycles. The van der Waals surface area contributed by atoms with Gasteiger partial charge in [-0.15, -0.1) is 0 Å². The molecule has 3 rings (SSSR count). The van der Waals surface area contributed by atoms with E-state index in [4.69, 9.17) is 4.74 Å². The zero-order valence-electron chi connectivity index (χ0n) is 14.3. The Morgan fingerprint density at radius 2 is 1.96 bits per heavy atom. The molecule has 25 heavy (non-hydrogen) atoms. The summed E-state index contributed by atoms with van der Waals surface area (Å²) in [5, 5.41) is 2.76. The van der Waals surface area contributed by atoms with E-state index in [1.807, 2.05) is 6.92 Å². The van der Waals surface area contributed by atoms with Crippen LogP contribution in [0.25, 0.3) is 0 Å². The number of benzene rings is 1. The van der Waals surface area contributed by atoms with Crippen LogP contribution in [-0.4, -0.2) is 35.0 Å². The highest BCUT2D eigenvalue weighted by atomic mass is 19.1. The summed E-state index contributed by atoms with van der Waals surface area (Å²) in [5.41, 5.74) is -0.755. The average Bonchev–Trinajstić information content (AvgIpc) is 3.02. The molecule has 0 radical (unpaired) electrons. The lowest BCUT2D eigenvalue weighted by Gasteiger charge is -2.28. The molecule has 2 aliphatic rings. The van der Waals surface area contributed by atoms with Gasteiger partial charge in [0.15, 0.2) is 0 Å². The van der Waals surface area contributed by atoms with Gasteiger partial charge in [-0.05, 0) is 31.0 Å². The smallest absolute Gasteiger partial charge is 0.329 e. The predicted molar refractivity (Wildman–Crippen MR) is 86.9 cm³/mol. The number of ether oxygens (including phenoxy) is 1. The van der Waals surface area contributed by atoms with Gasteiger partial charge in [-0.3, -0.25) is 4.79 Å². The molecule has 2 saturated heterocycles. The van der Waals surface area contributed by atoms with E-state index in [0.717, 1.165) is 11.3 Å². The number of halogens is 1. The van der Waals surface area contributed by atoms with Crippen LogP contribution in [0.5, 0.6) is 0 Å². The van der Waals surface area contributed by atoms with Gasteiger partial charge < -0.3 is 10.1 Å². The first-order valence-electron chi connectivity index (χ1n) is 8.51. The molecule has 0 spiro atoms. The molecule has 1 aromatic rings. The maximum absolute atomic E-state index is 13.3. The van der Waals surface area contributed by atoms with Crippen molar-refractivity contribution in [3.8, 4) is 0 Å². The minimum atomic E-state index is -1.27. The fourth-order valence-corrected chi connectivity index (χ4v) is 3.51. The van der Waals surface area contributed by atoms with Crippen LogP contribution >= 0.6 is 0 Å². The standard InChI is InChI=1S/C18H21FN2O4/c1-3-4-9-18(12-5-7-13(19)8-6-12)16(23)21(17(24)20-18)14-10-11(2)25-15(14)22/h5-8,11,14H,3-4,9-10H2,1-2H3,(H,20,24). The summed E-state index contributed by atoms with van der Waals surface area (Å²) < 4.78 is 18.4. The summed E-state index contributed by atoms with van der Waals surface area (Å²) in [7, 11) is 0. The number of amides is 3. The molecule has 2 heterocycles. The number of hydrogen-bond acceptors (Lipinski definition) is 4. The number of rotatable bonds is 5. The molecule has 3 amide bonds. The number of esters is 1. The zero-order chi connectivity index (χ0) is 18.2. The number of unbranched alkanes of at least 4 members (excludes halogenated alkanes) is 1. The van der Waals surface area contributed by atoms with Crippen LogP contribution in [0, 0.1) is 5.82 Å². The lowest BCUT2D eigenvalue weighted by molar-refractivity contribution is -0.148. The first kappa shape index (κ1) is 17.4. The van der Waals surface area contributed by atoms with E-state index in [1.165, 1.54) is 24.3 Å². The summed E-state index contributed by atoms with van der Waals surface area (Å²) in [5.74, 6) is -1.47. The van der Waals surface area contributed by atoms with Crippen molar-refractivity contribution in [1.29, 1.82) is 0 Å². The first-order valence-corrected chi connectivity index (χ1v) is 8.51. The highest BCUT2D eigenvalue weighted by Gasteiger charge is 2.56. The van der Waals surface area contributed by atoms with Crippen LogP contribution < -0.4 is 5.32 Å². The zero-order valence-corrected chi connectivity index (χ0v) is 14.3. The normalized spacial score (nSPS) is 29.1. The fourth-order valence-electron chi connectivity index (χ4n) is 3.51. The van der Waals surface area contributed by atoms with E-state index in [9.17, 15) is 18.8 Å². The summed E-state index contributed by atoms with van der Waals surface area (Å²) in [6.45, 7) is 3.70. The molecule has 3 unspecified atom stereocenters. The van der Waals surface area contributed by atoms with E-state index in [-0.39, 0.29) is 12.5 Å². The molecule has 2 fully saturated rings. The van der Waals surface area contributed by atoms with E-state index < -0.39 is 35.3 Å². The van der Waals surface area contributed by atoms with E-state index in [1.54, 1.807) is 6.92 Å². The summed E-state index contributed by atoms with van der Waals surface area (Å²) in [6.07, 6.45) is 1.85. The molecule has 0 aromatic heterocycles. The third-order valence-electron chi connectivity index (χ3n) is 4.82. The van der Waals surface area contributed by atoms with Crippen molar-refractivity contribution in [3.63, 3.8) is 0 Å². The molecule has 134 valence electrons. The van der Waals surface area contributed by atoms with Crippen molar-refractivity contribution < 1.29 is 23.5 Å².